The molecule has 1 rings (SSSR count). The highest BCUT2D eigenvalue weighted by Gasteiger charge is 2.23. The maximum absolute atomic E-state index is 10.7. The number of rotatable bonds is 3. The van der Waals surface area contributed by atoms with Crippen molar-refractivity contribution < 1.29 is 9.90 Å². The first-order valence-corrected chi connectivity index (χ1v) is 4.08. The molecule has 0 bridgehead atoms. The normalized spacial score (nSPS) is 25.8. The zero-order valence-electron chi connectivity index (χ0n) is 6.92. The second kappa shape index (κ2) is 3.83. The van der Waals surface area contributed by atoms with Crippen LogP contribution in [0.15, 0.2) is 0 Å². The number of hydrogen-bond donors (Lipinski definition) is 1. The maximum atomic E-state index is 10.7. The number of nitrogens with zero attached hydrogens (tertiary/aromatic N) is 1. The van der Waals surface area contributed by atoms with Gasteiger partial charge in [0.05, 0.1) is 13.2 Å². The van der Waals surface area contributed by atoms with E-state index in [9.17, 15) is 4.79 Å². The van der Waals surface area contributed by atoms with Crippen molar-refractivity contribution in [3.8, 4) is 0 Å². The van der Waals surface area contributed by atoms with Crippen LogP contribution in [0.4, 0.5) is 0 Å². The Hall–Kier alpha value is -0.410. The van der Waals surface area contributed by atoms with Crippen LogP contribution in [0.25, 0.3) is 0 Å². The quantitative estimate of drug-likeness (QED) is 0.628. The highest BCUT2D eigenvalue weighted by Crippen LogP contribution is 2.15. The smallest absolute Gasteiger partial charge is 0.143 e. The van der Waals surface area contributed by atoms with Crippen LogP contribution in [0.1, 0.15) is 19.8 Å². The van der Waals surface area contributed by atoms with Crippen molar-refractivity contribution in [1.82, 2.24) is 4.90 Å². The van der Waals surface area contributed by atoms with Crippen LogP contribution in [0.2, 0.25) is 0 Å². The van der Waals surface area contributed by atoms with Gasteiger partial charge in [0.25, 0.3) is 0 Å². The summed E-state index contributed by atoms with van der Waals surface area (Å²) in [7, 11) is 0. The molecule has 1 unspecified atom stereocenters. The van der Waals surface area contributed by atoms with E-state index in [0.29, 0.717) is 6.54 Å². The fraction of sp³-hybridized carbons (Fsp3) is 0.875. The van der Waals surface area contributed by atoms with E-state index in [2.05, 4.69) is 4.90 Å². The summed E-state index contributed by atoms with van der Waals surface area (Å²) >= 11 is 0. The summed E-state index contributed by atoms with van der Waals surface area (Å²) in [5, 5.41) is 8.90. The number of carbonyl (C=O) groups is 1. The predicted molar refractivity (Wildman–Crippen MR) is 42.4 cm³/mol. The van der Waals surface area contributed by atoms with Crippen LogP contribution in [0, 0.1) is 0 Å². The molecule has 1 atom stereocenters. The molecule has 1 fully saturated rings. The molecule has 1 aliphatic heterocycles. The fourth-order valence-electron chi connectivity index (χ4n) is 1.60. The summed E-state index contributed by atoms with van der Waals surface area (Å²) < 4.78 is 0. The average Bonchev–Trinajstić information content (AvgIpc) is 2.34. The highest BCUT2D eigenvalue weighted by molar-refractivity contribution is 5.77. The molecular formula is C8H15NO2. The van der Waals surface area contributed by atoms with Gasteiger partial charge in [0, 0.05) is 6.04 Å². The van der Waals surface area contributed by atoms with E-state index in [4.69, 9.17) is 5.11 Å². The predicted octanol–water partition coefficient (Wildman–Crippen LogP) is 0.0321. The lowest BCUT2D eigenvalue weighted by Gasteiger charge is -2.20. The molecule has 64 valence electrons. The zero-order chi connectivity index (χ0) is 8.27. The van der Waals surface area contributed by atoms with Crippen LogP contribution >= 0.6 is 0 Å². The van der Waals surface area contributed by atoms with Gasteiger partial charge in [0.2, 0.25) is 0 Å². The minimum absolute atomic E-state index is 0.186. The molecule has 0 amide bonds. The van der Waals surface area contributed by atoms with Gasteiger partial charge in [-0.1, -0.05) is 0 Å². The van der Waals surface area contributed by atoms with E-state index in [0.717, 1.165) is 19.4 Å². The summed E-state index contributed by atoms with van der Waals surface area (Å²) in [5.41, 5.74) is 0. The molecule has 0 spiro atoms. The van der Waals surface area contributed by atoms with Crippen molar-refractivity contribution in [3.05, 3.63) is 0 Å². The van der Waals surface area contributed by atoms with Gasteiger partial charge in [-0.3, -0.25) is 9.69 Å². The Labute approximate surface area is 67.0 Å². The summed E-state index contributed by atoms with van der Waals surface area (Å²) in [6, 6.07) is 0.235. The summed E-state index contributed by atoms with van der Waals surface area (Å²) in [5.74, 6) is 0.186. The number of ketones is 1. The molecule has 3 nitrogen and oxygen atoms in total. The largest absolute Gasteiger partial charge is 0.395 e. The first kappa shape index (κ1) is 8.68. The lowest BCUT2D eigenvalue weighted by atomic mass is 10.2. The van der Waals surface area contributed by atoms with Crippen molar-refractivity contribution in [3.63, 3.8) is 0 Å². The summed E-state index contributed by atoms with van der Waals surface area (Å²) in [4.78, 5) is 12.8. The number of Topliss-reactive ketones (excluding diaryl/α,β-unsaturated/α-hetero) is 1. The molecule has 0 saturated carbocycles. The van der Waals surface area contributed by atoms with E-state index in [1.165, 1.54) is 0 Å². The van der Waals surface area contributed by atoms with Gasteiger partial charge in [0.1, 0.15) is 5.78 Å². The molecule has 3 heteroatoms. The first-order chi connectivity index (χ1) is 5.24. The molecule has 1 N–H and O–H groups in total. The van der Waals surface area contributed by atoms with Gasteiger partial charge in [-0.2, -0.15) is 0 Å². The second-order valence-corrected chi connectivity index (χ2v) is 3.15. The third-order valence-electron chi connectivity index (χ3n) is 2.14. The van der Waals surface area contributed by atoms with Gasteiger partial charge in [-0.15, -0.1) is 0 Å². The zero-order valence-corrected chi connectivity index (χ0v) is 6.92. The van der Waals surface area contributed by atoms with E-state index < -0.39 is 0 Å². The first-order valence-electron chi connectivity index (χ1n) is 4.08. The fourth-order valence-corrected chi connectivity index (χ4v) is 1.60. The molecule has 0 aromatic carbocycles. The SMILES string of the molecule is CC(=O)CN1CCCC1CO. The minimum atomic E-state index is 0.186. The molecule has 11 heavy (non-hydrogen) atoms. The molecule has 0 aromatic rings. The Morgan fingerprint density at radius 2 is 2.45 bits per heavy atom. The van der Waals surface area contributed by atoms with Crippen molar-refractivity contribution >= 4 is 5.78 Å². The van der Waals surface area contributed by atoms with E-state index in [-0.39, 0.29) is 18.4 Å². The van der Waals surface area contributed by atoms with Gasteiger partial charge in [-0.05, 0) is 26.3 Å². The molecule has 1 heterocycles. The van der Waals surface area contributed by atoms with Crippen LogP contribution in [0.5, 0.6) is 0 Å². The molecule has 0 aliphatic carbocycles. The topological polar surface area (TPSA) is 40.5 Å². The average molecular weight is 157 g/mol. The van der Waals surface area contributed by atoms with E-state index in [1.807, 2.05) is 0 Å². The van der Waals surface area contributed by atoms with Crippen molar-refractivity contribution in [2.75, 3.05) is 19.7 Å². The van der Waals surface area contributed by atoms with Crippen LogP contribution < -0.4 is 0 Å². The number of aliphatic hydroxyl groups is 1. The standard InChI is InChI=1S/C8H15NO2/c1-7(11)5-9-4-2-3-8(9)6-10/h8,10H,2-6H2,1H3. The Balaban J connectivity index is 2.37. The third kappa shape index (κ3) is 2.27. The number of carbonyl (C=O) groups excluding carboxylic acids is 1. The Morgan fingerprint density at radius 3 is 3.00 bits per heavy atom. The van der Waals surface area contributed by atoms with Crippen molar-refractivity contribution in [1.29, 1.82) is 0 Å². The molecular weight excluding hydrogens is 142 g/mol. The summed E-state index contributed by atoms with van der Waals surface area (Å²) in [6.07, 6.45) is 2.14. The van der Waals surface area contributed by atoms with Gasteiger partial charge in [0.15, 0.2) is 0 Å². The highest BCUT2D eigenvalue weighted by atomic mass is 16.3. The Bertz CT molecular complexity index is 147. The molecule has 1 saturated heterocycles. The Morgan fingerprint density at radius 1 is 1.73 bits per heavy atom. The van der Waals surface area contributed by atoms with E-state index >= 15 is 0 Å². The minimum Gasteiger partial charge on any atom is -0.395 e. The number of likely N-dealkylation sites (tertiary alicyclic amines) is 1. The van der Waals surface area contributed by atoms with Crippen molar-refractivity contribution in [2.45, 2.75) is 25.8 Å². The van der Waals surface area contributed by atoms with Crippen LogP contribution in [-0.4, -0.2) is 41.5 Å². The lowest BCUT2D eigenvalue weighted by Crippen LogP contribution is -2.35. The van der Waals surface area contributed by atoms with Gasteiger partial charge < -0.3 is 5.11 Å². The maximum Gasteiger partial charge on any atom is 0.143 e. The van der Waals surface area contributed by atoms with Gasteiger partial charge in [-0.25, -0.2) is 0 Å². The van der Waals surface area contributed by atoms with Crippen LogP contribution in [-0.2, 0) is 4.79 Å². The Kier molecular flexibility index (Phi) is 3.02. The third-order valence-corrected chi connectivity index (χ3v) is 2.14. The van der Waals surface area contributed by atoms with E-state index in [1.54, 1.807) is 6.92 Å². The number of hydrogen-bond acceptors (Lipinski definition) is 3. The number of aliphatic hydroxyl groups excluding tert-OH is 1. The van der Waals surface area contributed by atoms with Gasteiger partial charge >= 0.3 is 0 Å². The molecule has 1 aliphatic rings. The second-order valence-electron chi connectivity index (χ2n) is 3.15. The monoisotopic (exact) mass is 157 g/mol. The summed E-state index contributed by atoms with van der Waals surface area (Å²) in [6.45, 7) is 3.25. The van der Waals surface area contributed by atoms with Crippen LogP contribution in [0.3, 0.4) is 0 Å². The van der Waals surface area contributed by atoms with Crippen molar-refractivity contribution in [2.24, 2.45) is 0 Å². The molecule has 0 aromatic heterocycles. The lowest BCUT2D eigenvalue weighted by molar-refractivity contribution is -0.118. The molecule has 0 radical (unpaired) electrons.